The van der Waals surface area contributed by atoms with Crippen molar-refractivity contribution in [2.24, 2.45) is 28.6 Å². The molecule has 0 aromatic rings. The number of hydrogen-bond donors (Lipinski definition) is 1. The molecule has 1 heterocycles. The quantitative estimate of drug-likeness (QED) is 0.567. The highest BCUT2D eigenvalue weighted by atomic mass is 16.3. The van der Waals surface area contributed by atoms with E-state index in [-0.39, 0.29) is 34.7 Å². The molecule has 4 nitrogen and oxygen atoms in total. The van der Waals surface area contributed by atoms with E-state index in [1.807, 2.05) is 4.90 Å². The van der Waals surface area contributed by atoms with Gasteiger partial charge in [-0.15, -0.1) is 0 Å². The number of aliphatic hydroxyl groups is 1. The van der Waals surface area contributed by atoms with Crippen LogP contribution in [0.2, 0.25) is 0 Å². The number of Topliss-reactive ketones (excluding diaryl/α,β-unsaturated/α-hetero) is 1. The van der Waals surface area contributed by atoms with Crippen LogP contribution in [0.3, 0.4) is 0 Å². The zero-order valence-electron chi connectivity index (χ0n) is 17.1. The van der Waals surface area contributed by atoms with E-state index in [1.165, 1.54) is 5.57 Å². The highest BCUT2D eigenvalue weighted by Crippen LogP contribution is 2.74. The molecule has 1 aliphatic heterocycles. The van der Waals surface area contributed by atoms with E-state index < -0.39 is 5.54 Å². The SMILES string of the molecule is CC(=O)N1[C@@H]2C[C@H]3[C@H]4CC=C5C[C@@H](O)CC[C@]5(C)[C@@H]4CC[C@]3(C)[C@@]21C(C)=O. The van der Waals surface area contributed by atoms with Gasteiger partial charge in [0.1, 0.15) is 5.54 Å². The molecule has 1 amide bonds. The van der Waals surface area contributed by atoms with Crippen molar-refractivity contribution in [3.05, 3.63) is 11.6 Å². The van der Waals surface area contributed by atoms with Gasteiger partial charge in [0.25, 0.3) is 0 Å². The summed E-state index contributed by atoms with van der Waals surface area (Å²) in [6.45, 7) is 8.07. The van der Waals surface area contributed by atoms with Gasteiger partial charge < -0.3 is 10.0 Å². The van der Waals surface area contributed by atoms with E-state index >= 15 is 0 Å². The summed E-state index contributed by atoms with van der Waals surface area (Å²) in [5.41, 5.74) is 1.11. The molecule has 5 rings (SSSR count). The Morgan fingerprint density at radius 1 is 1.15 bits per heavy atom. The standard InChI is InChI=1S/C23H33NO3/c1-13(25)23-20(24(23)14(2)26)12-19-17-6-5-15-11-16(27)7-9-21(15,3)18(17)8-10-22(19,23)4/h5,16-20,27H,6-12H2,1-4H3/t16-,17-,18+,19-,20+,21-,22-,23+,24?/m0/s1. The maximum atomic E-state index is 12.8. The largest absolute Gasteiger partial charge is 0.393 e. The van der Waals surface area contributed by atoms with Crippen LogP contribution in [0.15, 0.2) is 11.6 Å². The normalized spacial score (nSPS) is 52.9. The van der Waals surface area contributed by atoms with Gasteiger partial charge in [-0.2, -0.15) is 0 Å². The van der Waals surface area contributed by atoms with Gasteiger partial charge in [-0.25, -0.2) is 0 Å². The Labute approximate surface area is 162 Å². The van der Waals surface area contributed by atoms with E-state index in [9.17, 15) is 14.7 Å². The first-order valence-electron chi connectivity index (χ1n) is 10.9. The number of likely N-dealkylation sites (tertiary alicyclic amines) is 1. The Kier molecular flexibility index (Phi) is 3.48. The van der Waals surface area contributed by atoms with Crippen molar-refractivity contribution >= 4 is 11.7 Å². The Balaban J connectivity index is 1.52. The number of carbonyl (C=O) groups excluding carboxylic acids is 2. The van der Waals surface area contributed by atoms with Gasteiger partial charge in [-0.3, -0.25) is 9.59 Å². The van der Waals surface area contributed by atoms with E-state index in [0.717, 1.165) is 44.9 Å². The summed E-state index contributed by atoms with van der Waals surface area (Å²) in [6.07, 6.45) is 9.39. The van der Waals surface area contributed by atoms with E-state index in [4.69, 9.17) is 0 Å². The third kappa shape index (κ3) is 1.89. The Morgan fingerprint density at radius 3 is 2.56 bits per heavy atom. The molecule has 0 aromatic carbocycles. The number of rotatable bonds is 1. The van der Waals surface area contributed by atoms with E-state index in [2.05, 4.69) is 19.9 Å². The summed E-state index contributed by atoms with van der Waals surface area (Å²) < 4.78 is 0. The fraction of sp³-hybridized carbons (Fsp3) is 0.826. The summed E-state index contributed by atoms with van der Waals surface area (Å²) in [7, 11) is 0. The number of allylic oxidation sites excluding steroid dienone is 1. The van der Waals surface area contributed by atoms with Crippen LogP contribution in [-0.2, 0) is 9.59 Å². The monoisotopic (exact) mass is 371 g/mol. The van der Waals surface area contributed by atoms with Crippen molar-refractivity contribution in [2.75, 3.05) is 0 Å². The summed E-state index contributed by atoms with van der Waals surface area (Å²) in [5.74, 6) is 2.07. The molecule has 1 saturated heterocycles. The van der Waals surface area contributed by atoms with Gasteiger partial charge in [0.05, 0.1) is 12.1 Å². The van der Waals surface area contributed by atoms with Crippen molar-refractivity contribution in [3.8, 4) is 0 Å². The molecule has 0 aromatic heterocycles. The molecule has 4 aliphatic carbocycles. The molecule has 4 fully saturated rings. The lowest BCUT2D eigenvalue weighted by Crippen LogP contribution is -2.56. The van der Waals surface area contributed by atoms with Crippen LogP contribution in [0.5, 0.6) is 0 Å². The lowest BCUT2D eigenvalue weighted by atomic mass is 9.46. The predicted molar refractivity (Wildman–Crippen MR) is 103 cm³/mol. The minimum absolute atomic E-state index is 0.0658. The molecule has 4 heteroatoms. The fourth-order valence-electron chi connectivity index (χ4n) is 8.66. The Morgan fingerprint density at radius 2 is 1.89 bits per heavy atom. The lowest BCUT2D eigenvalue weighted by molar-refractivity contribution is -0.139. The zero-order valence-corrected chi connectivity index (χ0v) is 17.1. The summed E-state index contributed by atoms with van der Waals surface area (Å²) in [5, 5.41) is 10.2. The highest BCUT2D eigenvalue weighted by Gasteiger charge is 2.82. The van der Waals surface area contributed by atoms with Crippen molar-refractivity contribution < 1.29 is 14.7 Å². The molecule has 5 aliphatic rings. The number of ketones is 1. The summed E-state index contributed by atoms with van der Waals surface area (Å²) >= 11 is 0. The fourth-order valence-corrected chi connectivity index (χ4v) is 8.66. The molecule has 0 radical (unpaired) electrons. The van der Waals surface area contributed by atoms with Gasteiger partial charge in [0, 0.05) is 12.3 Å². The highest BCUT2D eigenvalue weighted by molar-refractivity contribution is 5.99. The molecule has 148 valence electrons. The molecule has 0 unspecified atom stereocenters. The van der Waals surface area contributed by atoms with Crippen molar-refractivity contribution in [3.63, 3.8) is 0 Å². The first-order valence-corrected chi connectivity index (χ1v) is 10.9. The second-order valence-electron chi connectivity index (χ2n) is 10.6. The number of amides is 1. The average Bonchev–Trinajstić information content (AvgIpc) is 3.21. The number of fused-ring (bicyclic) bond motifs is 7. The maximum absolute atomic E-state index is 12.8. The molecular formula is C23H33NO3. The van der Waals surface area contributed by atoms with Gasteiger partial charge in [-0.1, -0.05) is 25.5 Å². The molecule has 0 bridgehead atoms. The third-order valence-corrected chi connectivity index (χ3v) is 9.80. The van der Waals surface area contributed by atoms with Crippen LogP contribution in [0.4, 0.5) is 0 Å². The van der Waals surface area contributed by atoms with Gasteiger partial charge >= 0.3 is 0 Å². The van der Waals surface area contributed by atoms with E-state index in [0.29, 0.717) is 17.8 Å². The first kappa shape index (κ1) is 17.9. The zero-order chi connectivity index (χ0) is 19.4. The average molecular weight is 372 g/mol. The Bertz CT molecular complexity index is 759. The number of nitrogens with zero attached hydrogens (tertiary/aromatic N) is 1. The van der Waals surface area contributed by atoms with Crippen LogP contribution in [-0.4, -0.2) is 39.4 Å². The number of aliphatic hydroxyl groups excluding tert-OH is 1. The lowest BCUT2D eigenvalue weighted by Gasteiger charge is -2.58. The molecule has 8 atom stereocenters. The summed E-state index contributed by atoms with van der Waals surface area (Å²) in [6, 6.07) is 0.132. The van der Waals surface area contributed by atoms with Crippen LogP contribution in [0.25, 0.3) is 0 Å². The van der Waals surface area contributed by atoms with Crippen molar-refractivity contribution in [1.82, 2.24) is 4.90 Å². The Hall–Kier alpha value is -1.16. The van der Waals surface area contributed by atoms with Crippen molar-refractivity contribution in [2.45, 2.75) is 90.3 Å². The van der Waals surface area contributed by atoms with Crippen molar-refractivity contribution in [1.29, 1.82) is 0 Å². The van der Waals surface area contributed by atoms with E-state index in [1.54, 1.807) is 13.8 Å². The molecule has 3 saturated carbocycles. The number of piperidine rings is 1. The van der Waals surface area contributed by atoms with Gasteiger partial charge in [0.2, 0.25) is 5.91 Å². The second kappa shape index (κ2) is 5.25. The molecule has 0 spiro atoms. The topological polar surface area (TPSA) is 57.4 Å². The van der Waals surface area contributed by atoms with Crippen LogP contribution >= 0.6 is 0 Å². The number of hydrogen-bond acceptors (Lipinski definition) is 3. The first-order chi connectivity index (χ1) is 12.7. The smallest absolute Gasteiger partial charge is 0.220 e. The number of carbonyl (C=O) groups is 2. The maximum Gasteiger partial charge on any atom is 0.220 e. The third-order valence-electron chi connectivity index (χ3n) is 9.80. The van der Waals surface area contributed by atoms with Crippen LogP contribution < -0.4 is 0 Å². The minimum Gasteiger partial charge on any atom is -0.393 e. The second-order valence-corrected chi connectivity index (χ2v) is 10.6. The van der Waals surface area contributed by atoms with Gasteiger partial charge in [-0.05, 0) is 75.0 Å². The summed E-state index contributed by atoms with van der Waals surface area (Å²) in [4.78, 5) is 27.0. The van der Waals surface area contributed by atoms with Crippen LogP contribution in [0, 0.1) is 28.6 Å². The molecule has 27 heavy (non-hydrogen) atoms. The molecular weight excluding hydrogens is 338 g/mol. The van der Waals surface area contributed by atoms with Gasteiger partial charge in [0.15, 0.2) is 5.78 Å². The molecule has 1 N–H and O–H groups in total. The predicted octanol–water partition coefficient (Wildman–Crippen LogP) is 3.48. The van der Waals surface area contributed by atoms with Crippen LogP contribution in [0.1, 0.15) is 72.6 Å². The minimum atomic E-state index is -0.526.